The molecular weight excluding hydrogens is 665 g/mol. The van der Waals surface area contributed by atoms with Crippen molar-refractivity contribution in [3.63, 3.8) is 0 Å². The van der Waals surface area contributed by atoms with Gasteiger partial charge in [-0.2, -0.15) is 5.10 Å². The number of benzene rings is 2. The van der Waals surface area contributed by atoms with E-state index in [0.29, 0.717) is 31.7 Å². The zero-order valence-electron chi connectivity index (χ0n) is 28.1. The van der Waals surface area contributed by atoms with Crippen LogP contribution in [0.4, 0.5) is 5.69 Å². The Morgan fingerprint density at radius 3 is 2.76 bits per heavy atom. The van der Waals surface area contributed by atoms with Gasteiger partial charge < -0.3 is 15.0 Å². The van der Waals surface area contributed by atoms with E-state index in [-0.39, 0.29) is 18.2 Å². The van der Waals surface area contributed by atoms with E-state index < -0.39 is 11.9 Å². The van der Waals surface area contributed by atoms with E-state index in [0.717, 1.165) is 76.3 Å². The lowest BCUT2D eigenvalue weighted by atomic mass is 10.0. The van der Waals surface area contributed by atoms with Crippen molar-refractivity contribution in [3.8, 4) is 16.8 Å². The molecule has 1 atom stereocenters. The Balaban J connectivity index is 0.904. The molecule has 258 valence electrons. The Morgan fingerprint density at radius 1 is 1.02 bits per heavy atom. The number of carbonyl (C=O) groups is 3. The van der Waals surface area contributed by atoms with E-state index in [9.17, 15) is 14.4 Å². The maximum Gasteiger partial charge on any atom is 0.255 e. The highest BCUT2D eigenvalue weighted by Crippen LogP contribution is 2.37. The topological polar surface area (TPSA) is 136 Å². The maximum atomic E-state index is 13.1. The predicted octanol–water partition coefficient (Wildman–Crippen LogP) is 4.51. The molecule has 1 fully saturated rings. The predicted molar refractivity (Wildman–Crippen MR) is 190 cm³/mol. The standard InChI is InChI=1S/C38H36N8O4S/c1-24-42-43-34-23-50-22-30-28(18-25-8-3-2-4-9-25)33(51-38(30)46(24)34)14-12-26-19-40-44(20-26)17-6-5-16-39-31-11-7-10-27-29(31)21-45(37(27)49)32-13-15-35(47)41-36(32)48/h2-4,7-11,19-20,32,39H,5-6,13,15-18,21-23H2,1H3,(H,41,47,48). The van der Waals surface area contributed by atoms with Crippen LogP contribution in [0.15, 0.2) is 60.9 Å². The Bertz CT molecular complexity index is 2210. The molecule has 1 unspecified atom stereocenters. The highest BCUT2D eigenvalue weighted by Gasteiger charge is 2.39. The van der Waals surface area contributed by atoms with Crippen LogP contribution >= 0.6 is 11.3 Å². The molecule has 0 bridgehead atoms. The Labute approximate surface area is 298 Å². The van der Waals surface area contributed by atoms with Gasteiger partial charge in [-0.25, -0.2) is 0 Å². The minimum Gasteiger partial charge on any atom is -0.385 e. The lowest BCUT2D eigenvalue weighted by Crippen LogP contribution is -2.52. The highest BCUT2D eigenvalue weighted by molar-refractivity contribution is 7.15. The van der Waals surface area contributed by atoms with Crippen molar-refractivity contribution in [2.24, 2.45) is 0 Å². The zero-order valence-corrected chi connectivity index (χ0v) is 29.0. The summed E-state index contributed by atoms with van der Waals surface area (Å²) in [7, 11) is 0. The van der Waals surface area contributed by atoms with Crippen LogP contribution in [0.2, 0.25) is 0 Å². The van der Waals surface area contributed by atoms with E-state index in [4.69, 9.17) is 4.74 Å². The lowest BCUT2D eigenvalue weighted by molar-refractivity contribution is -0.136. The van der Waals surface area contributed by atoms with E-state index >= 15 is 0 Å². The number of carbonyl (C=O) groups excluding carboxylic acids is 3. The van der Waals surface area contributed by atoms with Crippen molar-refractivity contribution in [2.45, 2.75) is 71.4 Å². The van der Waals surface area contributed by atoms with Crippen LogP contribution in [0.3, 0.4) is 0 Å². The number of nitrogens with zero attached hydrogens (tertiary/aromatic N) is 6. The molecule has 51 heavy (non-hydrogen) atoms. The monoisotopic (exact) mass is 700 g/mol. The molecule has 3 aromatic heterocycles. The van der Waals surface area contributed by atoms with Gasteiger partial charge in [-0.15, -0.1) is 21.5 Å². The fourth-order valence-electron chi connectivity index (χ4n) is 6.96. The summed E-state index contributed by atoms with van der Waals surface area (Å²) in [4.78, 5) is 39.8. The summed E-state index contributed by atoms with van der Waals surface area (Å²) in [6.45, 7) is 4.70. The number of hydrogen-bond donors (Lipinski definition) is 2. The van der Waals surface area contributed by atoms with Crippen LogP contribution < -0.4 is 10.6 Å². The molecule has 6 heterocycles. The van der Waals surface area contributed by atoms with Crippen LogP contribution in [0, 0.1) is 18.8 Å². The average molecular weight is 701 g/mol. The van der Waals surface area contributed by atoms with Gasteiger partial charge in [0.1, 0.15) is 23.5 Å². The van der Waals surface area contributed by atoms with Gasteiger partial charge in [0.25, 0.3) is 5.91 Å². The summed E-state index contributed by atoms with van der Waals surface area (Å²) in [6.07, 6.45) is 6.93. The number of ether oxygens (including phenoxy) is 1. The van der Waals surface area contributed by atoms with Crippen LogP contribution in [0.1, 0.15) is 80.4 Å². The van der Waals surface area contributed by atoms with Gasteiger partial charge in [0.15, 0.2) is 5.82 Å². The molecule has 3 aliphatic heterocycles. The van der Waals surface area contributed by atoms with Gasteiger partial charge in [0.2, 0.25) is 11.8 Å². The molecule has 12 nitrogen and oxygen atoms in total. The van der Waals surface area contributed by atoms with Gasteiger partial charge in [0, 0.05) is 54.6 Å². The molecule has 0 aliphatic carbocycles. The second-order valence-corrected chi connectivity index (χ2v) is 14.0. The molecule has 0 saturated carbocycles. The second kappa shape index (κ2) is 14.0. The molecular formula is C38H36N8O4S. The molecule has 0 spiro atoms. The largest absolute Gasteiger partial charge is 0.385 e. The Morgan fingerprint density at radius 2 is 1.90 bits per heavy atom. The molecule has 1 saturated heterocycles. The Hall–Kier alpha value is -5.58. The number of rotatable bonds is 9. The number of hydrogen-bond acceptors (Lipinski definition) is 9. The first kappa shape index (κ1) is 32.6. The summed E-state index contributed by atoms with van der Waals surface area (Å²) in [5, 5.41) is 20.1. The van der Waals surface area contributed by atoms with E-state index in [1.54, 1.807) is 22.3 Å². The van der Waals surface area contributed by atoms with E-state index in [1.165, 1.54) is 11.1 Å². The molecule has 5 aromatic rings. The quantitative estimate of drug-likeness (QED) is 0.130. The van der Waals surface area contributed by atoms with Crippen LogP contribution in [0.5, 0.6) is 0 Å². The lowest BCUT2D eigenvalue weighted by Gasteiger charge is -2.29. The first-order valence-electron chi connectivity index (χ1n) is 17.2. The molecule has 8 rings (SSSR count). The molecule has 3 aliphatic rings. The summed E-state index contributed by atoms with van der Waals surface area (Å²) < 4.78 is 10.1. The summed E-state index contributed by atoms with van der Waals surface area (Å²) in [5.74, 6) is 7.59. The van der Waals surface area contributed by atoms with Crippen LogP contribution in [-0.4, -0.2) is 59.8 Å². The van der Waals surface area contributed by atoms with Gasteiger partial charge in [0.05, 0.1) is 23.2 Å². The van der Waals surface area contributed by atoms with Crippen molar-refractivity contribution in [2.75, 3.05) is 11.9 Å². The smallest absolute Gasteiger partial charge is 0.255 e. The van der Waals surface area contributed by atoms with Gasteiger partial charge >= 0.3 is 0 Å². The Kier molecular flexibility index (Phi) is 8.93. The van der Waals surface area contributed by atoms with Gasteiger partial charge in [-0.1, -0.05) is 48.2 Å². The number of thiophene rings is 1. The number of nitrogens with one attached hydrogen (secondary N) is 2. The first-order chi connectivity index (χ1) is 24.9. The number of piperidine rings is 1. The number of amides is 3. The molecule has 0 radical (unpaired) electrons. The number of aryl methyl sites for hydroxylation is 2. The molecule has 3 amide bonds. The zero-order chi connectivity index (χ0) is 34.9. The number of anilines is 1. The highest BCUT2D eigenvalue weighted by atomic mass is 32.1. The average Bonchev–Trinajstić information content (AvgIpc) is 3.88. The normalized spacial score (nSPS) is 16.5. The third-order valence-corrected chi connectivity index (χ3v) is 10.7. The fourth-order valence-corrected chi connectivity index (χ4v) is 8.21. The van der Waals surface area contributed by atoms with Crippen molar-refractivity contribution < 1.29 is 19.1 Å². The maximum absolute atomic E-state index is 13.1. The minimum atomic E-state index is -0.627. The van der Waals surface area contributed by atoms with Crippen molar-refractivity contribution in [3.05, 3.63) is 111 Å². The number of aromatic nitrogens is 5. The van der Waals surface area contributed by atoms with Gasteiger partial charge in [-0.05, 0) is 55.9 Å². The molecule has 13 heteroatoms. The number of fused-ring (bicyclic) bond motifs is 4. The van der Waals surface area contributed by atoms with Crippen molar-refractivity contribution >= 4 is 34.7 Å². The fraction of sp³-hybridized carbons (Fsp3) is 0.316. The summed E-state index contributed by atoms with van der Waals surface area (Å²) in [5.41, 5.74) is 6.77. The summed E-state index contributed by atoms with van der Waals surface area (Å²) in [6, 6.07) is 15.4. The van der Waals surface area contributed by atoms with Crippen molar-refractivity contribution in [1.29, 1.82) is 0 Å². The number of imide groups is 1. The van der Waals surface area contributed by atoms with Crippen LogP contribution in [0.25, 0.3) is 5.00 Å². The summed E-state index contributed by atoms with van der Waals surface area (Å²) >= 11 is 1.66. The van der Waals surface area contributed by atoms with Gasteiger partial charge in [-0.3, -0.25) is 28.9 Å². The van der Waals surface area contributed by atoms with Crippen molar-refractivity contribution in [1.82, 2.24) is 34.8 Å². The second-order valence-electron chi connectivity index (χ2n) is 13.0. The molecule has 2 aromatic carbocycles. The number of unbranched alkanes of at least 4 members (excludes halogenated alkanes) is 1. The minimum absolute atomic E-state index is 0.170. The third kappa shape index (κ3) is 6.56. The third-order valence-electron chi connectivity index (χ3n) is 9.56. The molecule has 2 N–H and O–H groups in total. The first-order valence-corrected chi connectivity index (χ1v) is 18.0. The van der Waals surface area contributed by atoms with Crippen LogP contribution in [-0.2, 0) is 47.1 Å². The van der Waals surface area contributed by atoms with E-state index in [2.05, 4.69) is 66.6 Å². The SMILES string of the molecule is Cc1nnc2n1-c1sc(C#Cc3cnn(CCCCNc4cccc5c4CN(C4CCC(=O)NC4=O)C5=O)c3)c(Cc3ccccc3)c1COC2. The van der Waals surface area contributed by atoms with E-state index in [1.807, 2.05) is 42.2 Å².